The second-order valence-electron chi connectivity index (χ2n) is 6.07. The highest BCUT2D eigenvalue weighted by atomic mass is 79.9. The molecule has 1 N–H and O–H groups in total. The van der Waals surface area contributed by atoms with E-state index in [1.54, 1.807) is 0 Å². The maximum absolute atomic E-state index is 5.94. The number of hydrogen-bond acceptors (Lipinski definition) is 2. The highest BCUT2D eigenvalue weighted by molar-refractivity contribution is 9.10. The first-order valence-corrected chi connectivity index (χ1v) is 8.22. The molecule has 1 aliphatic carbocycles. The Balaban J connectivity index is 2.11. The van der Waals surface area contributed by atoms with Crippen LogP contribution in [0.2, 0.25) is 5.15 Å². The van der Waals surface area contributed by atoms with Crippen LogP contribution >= 0.6 is 27.5 Å². The molecule has 2 rings (SSSR count). The Morgan fingerprint density at radius 3 is 2.79 bits per heavy atom. The van der Waals surface area contributed by atoms with Crippen molar-refractivity contribution >= 4 is 33.2 Å². The molecule has 1 aliphatic rings. The molecular weight excluding hydrogens is 324 g/mol. The van der Waals surface area contributed by atoms with Crippen LogP contribution in [0.3, 0.4) is 0 Å². The SMILES string of the molecule is CC1CCC(C(C)C)C(Nc2cnc(Cl)c(Br)c2)C1. The summed E-state index contributed by atoms with van der Waals surface area (Å²) in [5.41, 5.74) is 1.06. The van der Waals surface area contributed by atoms with Gasteiger partial charge in [0.25, 0.3) is 0 Å². The summed E-state index contributed by atoms with van der Waals surface area (Å²) in [6, 6.07) is 2.56. The molecule has 1 heterocycles. The van der Waals surface area contributed by atoms with Gasteiger partial charge in [-0.05, 0) is 52.6 Å². The minimum absolute atomic E-state index is 0.517. The van der Waals surface area contributed by atoms with Crippen molar-refractivity contribution in [3.05, 3.63) is 21.9 Å². The first kappa shape index (κ1) is 15.1. The summed E-state index contributed by atoms with van der Waals surface area (Å²) in [4.78, 5) is 4.19. The van der Waals surface area contributed by atoms with Crippen LogP contribution in [0.5, 0.6) is 0 Å². The number of nitrogens with zero attached hydrogens (tertiary/aromatic N) is 1. The number of anilines is 1. The van der Waals surface area contributed by atoms with Crippen LogP contribution < -0.4 is 5.32 Å². The summed E-state index contributed by atoms with van der Waals surface area (Å²) >= 11 is 9.37. The molecule has 3 atom stereocenters. The summed E-state index contributed by atoms with van der Waals surface area (Å²) in [6.07, 6.45) is 5.73. The molecular formula is C15H22BrClN2. The van der Waals surface area contributed by atoms with Gasteiger partial charge in [-0.3, -0.25) is 0 Å². The zero-order valence-electron chi connectivity index (χ0n) is 11.8. The maximum Gasteiger partial charge on any atom is 0.143 e. The summed E-state index contributed by atoms with van der Waals surface area (Å²) in [6.45, 7) is 7.00. The largest absolute Gasteiger partial charge is 0.381 e. The monoisotopic (exact) mass is 344 g/mol. The summed E-state index contributed by atoms with van der Waals surface area (Å²) in [5.74, 6) is 2.26. The Hall–Kier alpha value is -0.280. The molecule has 0 amide bonds. The molecule has 1 aromatic heterocycles. The van der Waals surface area contributed by atoms with Gasteiger partial charge in [0.2, 0.25) is 0 Å². The van der Waals surface area contributed by atoms with Crippen molar-refractivity contribution in [1.82, 2.24) is 4.98 Å². The van der Waals surface area contributed by atoms with E-state index in [1.165, 1.54) is 19.3 Å². The number of hydrogen-bond donors (Lipinski definition) is 1. The van der Waals surface area contributed by atoms with Crippen molar-refractivity contribution in [2.75, 3.05) is 5.32 Å². The molecule has 2 nitrogen and oxygen atoms in total. The fraction of sp³-hybridized carbons (Fsp3) is 0.667. The van der Waals surface area contributed by atoms with Crippen LogP contribution in [0.4, 0.5) is 5.69 Å². The van der Waals surface area contributed by atoms with E-state index in [2.05, 4.69) is 47.0 Å². The van der Waals surface area contributed by atoms with E-state index in [1.807, 2.05) is 12.3 Å². The summed E-state index contributed by atoms with van der Waals surface area (Å²) in [7, 11) is 0. The minimum Gasteiger partial charge on any atom is -0.381 e. The Labute approximate surface area is 129 Å². The molecule has 1 saturated carbocycles. The first-order valence-electron chi connectivity index (χ1n) is 7.05. The number of pyridine rings is 1. The Kier molecular flexibility index (Phi) is 5.13. The molecule has 0 saturated heterocycles. The van der Waals surface area contributed by atoms with Gasteiger partial charge in [-0.2, -0.15) is 0 Å². The summed E-state index contributed by atoms with van der Waals surface area (Å²) in [5, 5.41) is 4.18. The van der Waals surface area contributed by atoms with Gasteiger partial charge in [-0.15, -0.1) is 0 Å². The number of aromatic nitrogens is 1. The fourth-order valence-corrected chi connectivity index (χ4v) is 3.53. The lowest BCUT2D eigenvalue weighted by molar-refractivity contribution is 0.212. The van der Waals surface area contributed by atoms with Crippen LogP contribution in [0.1, 0.15) is 40.0 Å². The highest BCUT2D eigenvalue weighted by Gasteiger charge is 2.30. The molecule has 0 spiro atoms. The lowest BCUT2D eigenvalue weighted by Crippen LogP contribution is -2.37. The second kappa shape index (κ2) is 6.45. The quantitative estimate of drug-likeness (QED) is 0.745. The number of rotatable bonds is 3. The van der Waals surface area contributed by atoms with Crippen LogP contribution in [-0.2, 0) is 0 Å². The average molecular weight is 346 g/mol. The topological polar surface area (TPSA) is 24.9 Å². The van der Waals surface area contributed by atoms with Crippen molar-refractivity contribution in [2.45, 2.75) is 46.1 Å². The van der Waals surface area contributed by atoms with Gasteiger partial charge >= 0.3 is 0 Å². The Bertz CT molecular complexity index is 436. The van der Waals surface area contributed by atoms with Gasteiger partial charge in [0.1, 0.15) is 5.15 Å². The van der Waals surface area contributed by atoms with Gasteiger partial charge in [0, 0.05) is 6.04 Å². The molecule has 0 aromatic carbocycles. The molecule has 0 aliphatic heterocycles. The average Bonchev–Trinajstić information content (AvgIpc) is 2.33. The van der Waals surface area contributed by atoms with Crippen molar-refractivity contribution in [2.24, 2.45) is 17.8 Å². The van der Waals surface area contributed by atoms with Crippen molar-refractivity contribution < 1.29 is 0 Å². The van der Waals surface area contributed by atoms with E-state index in [9.17, 15) is 0 Å². The predicted octanol–water partition coefficient (Wildman–Crippen LogP) is 5.37. The smallest absolute Gasteiger partial charge is 0.143 e. The molecule has 0 bridgehead atoms. The zero-order valence-corrected chi connectivity index (χ0v) is 14.1. The van der Waals surface area contributed by atoms with Crippen LogP contribution in [-0.4, -0.2) is 11.0 Å². The van der Waals surface area contributed by atoms with E-state index in [4.69, 9.17) is 11.6 Å². The van der Waals surface area contributed by atoms with Gasteiger partial charge in [0.15, 0.2) is 0 Å². The lowest BCUT2D eigenvalue weighted by Gasteiger charge is -2.38. The van der Waals surface area contributed by atoms with Gasteiger partial charge in [-0.1, -0.05) is 38.8 Å². The third-order valence-electron chi connectivity index (χ3n) is 4.17. The van der Waals surface area contributed by atoms with E-state index < -0.39 is 0 Å². The molecule has 0 radical (unpaired) electrons. The van der Waals surface area contributed by atoms with Crippen LogP contribution in [0.25, 0.3) is 0 Å². The van der Waals surface area contributed by atoms with Crippen molar-refractivity contribution in [3.8, 4) is 0 Å². The van der Waals surface area contributed by atoms with Crippen LogP contribution in [0.15, 0.2) is 16.7 Å². The molecule has 1 aromatic rings. The maximum atomic E-state index is 5.94. The van der Waals surface area contributed by atoms with Gasteiger partial charge in [0.05, 0.1) is 16.4 Å². The predicted molar refractivity (Wildman–Crippen MR) is 85.7 cm³/mol. The third-order valence-corrected chi connectivity index (χ3v) is 5.30. The highest BCUT2D eigenvalue weighted by Crippen LogP contribution is 2.35. The summed E-state index contributed by atoms with van der Waals surface area (Å²) < 4.78 is 0.851. The Morgan fingerprint density at radius 2 is 2.16 bits per heavy atom. The standard InChI is InChI=1S/C15H22BrClN2/c1-9(2)12-5-4-10(3)6-14(12)19-11-7-13(16)15(17)18-8-11/h7-10,12,14,19H,4-6H2,1-3H3. The van der Waals surface area contributed by atoms with Gasteiger partial charge in [-0.25, -0.2) is 4.98 Å². The molecule has 19 heavy (non-hydrogen) atoms. The zero-order chi connectivity index (χ0) is 14.0. The lowest BCUT2D eigenvalue weighted by atomic mass is 9.74. The second-order valence-corrected chi connectivity index (χ2v) is 7.29. The molecule has 4 heteroatoms. The Morgan fingerprint density at radius 1 is 1.42 bits per heavy atom. The normalized spacial score (nSPS) is 27.6. The van der Waals surface area contributed by atoms with Crippen molar-refractivity contribution in [3.63, 3.8) is 0 Å². The molecule has 1 fully saturated rings. The molecule has 3 unspecified atom stereocenters. The van der Waals surface area contributed by atoms with E-state index >= 15 is 0 Å². The van der Waals surface area contributed by atoms with Crippen molar-refractivity contribution in [1.29, 1.82) is 0 Å². The molecule has 106 valence electrons. The van der Waals surface area contributed by atoms with E-state index in [0.717, 1.165) is 22.0 Å². The minimum atomic E-state index is 0.517. The number of halogens is 2. The fourth-order valence-electron chi connectivity index (χ4n) is 3.08. The van der Waals surface area contributed by atoms with E-state index in [0.29, 0.717) is 17.1 Å². The van der Waals surface area contributed by atoms with Gasteiger partial charge < -0.3 is 5.32 Å². The third kappa shape index (κ3) is 3.85. The first-order chi connectivity index (χ1) is 8.97. The number of nitrogens with one attached hydrogen (secondary N) is 1. The van der Waals surface area contributed by atoms with E-state index in [-0.39, 0.29) is 0 Å². The van der Waals surface area contributed by atoms with Crippen LogP contribution in [0, 0.1) is 17.8 Å².